The van der Waals surface area contributed by atoms with Gasteiger partial charge in [0.1, 0.15) is 0 Å². The summed E-state index contributed by atoms with van der Waals surface area (Å²) in [6.07, 6.45) is 1.41. The van der Waals surface area contributed by atoms with Crippen molar-refractivity contribution >= 4 is 5.69 Å². The molecular formula is C9H13FN2O. The fourth-order valence-electron chi connectivity index (χ4n) is 0.989. The molecule has 0 aliphatic rings. The van der Waals surface area contributed by atoms with Crippen molar-refractivity contribution < 1.29 is 9.50 Å². The molecule has 1 rings (SSSR count). The number of pyridine rings is 1. The maximum atomic E-state index is 12.7. The number of likely N-dealkylation sites (N-methyl/N-ethyl adjacent to an activating group) is 1. The third kappa shape index (κ3) is 2.39. The first kappa shape index (κ1) is 9.92. The summed E-state index contributed by atoms with van der Waals surface area (Å²) >= 11 is 0. The van der Waals surface area contributed by atoms with Gasteiger partial charge in [-0.2, -0.15) is 4.39 Å². The molecule has 3 nitrogen and oxygen atoms in total. The number of nitrogens with zero attached hydrogens (tertiary/aromatic N) is 2. The number of halogens is 1. The van der Waals surface area contributed by atoms with Gasteiger partial charge >= 0.3 is 0 Å². The number of rotatable bonds is 3. The standard InChI is InChI=1S/C9H13FN2O/c1-7(6-13)12(2)8-3-4-11-9(10)5-8/h3-5,7,13H,6H2,1-2H3. The van der Waals surface area contributed by atoms with Crippen LogP contribution < -0.4 is 4.90 Å². The lowest BCUT2D eigenvalue weighted by atomic mass is 10.3. The molecule has 0 aromatic carbocycles. The van der Waals surface area contributed by atoms with Crippen molar-refractivity contribution in [2.75, 3.05) is 18.6 Å². The zero-order valence-electron chi connectivity index (χ0n) is 7.74. The van der Waals surface area contributed by atoms with Gasteiger partial charge in [-0.3, -0.25) is 0 Å². The van der Waals surface area contributed by atoms with Crippen LogP contribution in [0.4, 0.5) is 10.1 Å². The van der Waals surface area contributed by atoms with Gasteiger partial charge in [-0.1, -0.05) is 0 Å². The predicted molar refractivity (Wildman–Crippen MR) is 49.1 cm³/mol. The zero-order valence-corrected chi connectivity index (χ0v) is 7.74. The molecule has 0 bridgehead atoms. The van der Waals surface area contributed by atoms with E-state index in [1.165, 1.54) is 12.3 Å². The molecule has 1 aromatic rings. The Hall–Kier alpha value is -1.16. The molecule has 0 amide bonds. The van der Waals surface area contributed by atoms with E-state index in [0.717, 1.165) is 0 Å². The Morgan fingerprint density at radius 2 is 2.38 bits per heavy atom. The van der Waals surface area contributed by atoms with Gasteiger partial charge in [-0.15, -0.1) is 0 Å². The Balaban J connectivity index is 2.82. The smallest absolute Gasteiger partial charge is 0.214 e. The molecule has 13 heavy (non-hydrogen) atoms. The lowest BCUT2D eigenvalue weighted by molar-refractivity contribution is 0.270. The SMILES string of the molecule is CC(CO)N(C)c1ccnc(F)c1. The number of hydrogen-bond acceptors (Lipinski definition) is 3. The van der Waals surface area contributed by atoms with Gasteiger partial charge in [-0.25, -0.2) is 4.98 Å². The molecule has 0 saturated heterocycles. The Morgan fingerprint density at radius 1 is 1.69 bits per heavy atom. The van der Waals surface area contributed by atoms with E-state index in [-0.39, 0.29) is 12.6 Å². The first-order chi connectivity index (χ1) is 6.15. The summed E-state index contributed by atoms with van der Waals surface area (Å²) in [5, 5.41) is 8.88. The zero-order chi connectivity index (χ0) is 9.84. The van der Waals surface area contributed by atoms with Gasteiger partial charge < -0.3 is 10.0 Å². The van der Waals surface area contributed by atoms with Crippen LogP contribution in [0.5, 0.6) is 0 Å². The van der Waals surface area contributed by atoms with Crippen molar-refractivity contribution in [1.29, 1.82) is 0 Å². The lowest BCUT2D eigenvalue weighted by Gasteiger charge is -2.24. The molecular weight excluding hydrogens is 171 g/mol. The summed E-state index contributed by atoms with van der Waals surface area (Å²) in [5.74, 6) is -0.505. The molecule has 0 spiro atoms. The third-order valence-corrected chi connectivity index (χ3v) is 2.04. The molecule has 0 aliphatic heterocycles. The van der Waals surface area contributed by atoms with Crippen LogP contribution in [0.1, 0.15) is 6.92 Å². The molecule has 72 valence electrons. The molecule has 0 aliphatic carbocycles. The van der Waals surface area contributed by atoms with E-state index in [4.69, 9.17) is 5.11 Å². The van der Waals surface area contributed by atoms with Gasteiger partial charge in [0.15, 0.2) is 0 Å². The maximum Gasteiger partial charge on any atom is 0.214 e. The van der Waals surface area contributed by atoms with Crippen LogP contribution in [0.25, 0.3) is 0 Å². The third-order valence-electron chi connectivity index (χ3n) is 2.04. The van der Waals surface area contributed by atoms with E-state index in [2.05, 4.69) is 4.98 Å². The van der Waals surface area contributed by atoms with E-state index in [0.29, 0.717) is 5.69 Å². The summed E-state index contributed by atoms with van der Waals surface area (Å²) < 4.78 is 12.7. The molecule has 1 aromatic heterocycles. The average Bonchev–Trinajstić information content (AvgIpc) is 2.15. The van der Waals surface area contributed by atoms with Crippen LogP contribution in [0.2, 0.25) is 0 Å². The molecule has 0 saturated carbocycles. The van der Waals surface area contributed by atoms with Gasteiger partial charge in [0.2, 0.25) is 5.95 Å². The number of hydrogen-bond donors (Lipinski definition) is 1. The molecule has 0 radical (unpaired) electrons. The second kappa shape index (κ2) is 4.18. The quantitative estimate of drug-likeness (QED) is 0.713. The Kier molecular flexibility index (Phi) is 3.19. The topological polar surface area (TPSA) is 36.4 Å². The van der Waals surface area contributed by atoms with Crippen molar-refractivity contribution in [2.24, 2.45) is 0 Å². The highest BCUT2D eigenvalue weighted by Crippen LogP contribution is 2.14. The summed E-state index contributed by atoms with van der Waals surface area (Å²) in [7, 11) is 1.80. The summed E-state index contributed by atoms with van der Waals surface area (Å²) in [6, 6.07) is 3.02. The summed E-state index contributed by atoms with van der Waals surface area (Å²) in [5.41, 5.74) is 0.717. The normalized spacial score (nSPS) is 12.6. The molecule has 1 unspecified atom stereocenters. The van der Waals surface area contributed by atoms with Gasteiger partial charge in [0.25, 0.3) is 0 Å². The predicted octanol–water partition coefficient (Wildman–Crippen LogP) is 1.04. The van der Waals surface area contributed by atoms with E-state index >= 15 is 0 Å². The van der Waals surface area contributed by atoms with E-state index in [1.54, 1.807) is 18.0 Å². The second-order valence-corrected chi connectivity index (χ2v) is 2.98. The van der Waals surface area contributed by atoms with E-state index in [9.17, 15) is 4.39 Å². The van der Waals surface area contributed by atoms with Crippen molar-refractivity contribution in [3.05, 3.63) is 24.3 Å². The van der Waals surface area contributed by atoms with Gasteiger partial charge in [0, 0.05) is 31.0 Å². The van der Waals surface area contributed by atoms with Gasteiger partial charge in [-0.05, 0) is 13.0 Å². The minimum Gasteiger partial charge on any atom is -0.394 e. The highest BCUT2D eigenvalue weighted by atomic mass is 19.1. The van der Waals surface area contributed by atoms with Crippen LogP contribution in [0, 0.1) is 5.95 Å². The number of aliphatic hydroxyl groups excluding tert-OH is 1. The molecule has 4 heteroatoms. The van der Waals surface area contributed by atoms with Gasteiger partial charge in [0.05, 0.1) is 6.61 Å². The van der Waals surface area contributed by atoms with Crippen molar-refractivity contribution in [2.45, 2.75) is 13.0 Å². The minimum atomic E-state index is -0.505. The van der Waals surface area contributed by atoms with Crippen LogP contribution in [0.3, 0.4) is 0 Å². The molecule has 1 N–H and O–H groups in total. The first-order valence-electron chi connectivity index (χ1n) is 4.10. The number of aromatic nitrogens is 1. The average molecular weight is 184 g/mol. The highest BCUT2D eigenvalue weighted by molar-refractivity contribution is 5.44. The monoisotopic (exact) mass is 184 g/mol. The molecule has 1 heterocycles. The summed E-state index contributed by atoms with van der Waals surface area (Å²) in [4.78, 5) is 5.25. The fraction of sp³-hybridized carbons (Fsp3) is 0.444. The molecule has 0 fully saturated rings. The number of aliphatic hydroxyl groups is 1. The largest absolute Gasteiger partial charge is 0.394 e. The molecule has 1 atom stereocenters. The lowest BCUT2D eigenvalue weighted by Crippen LogP contribution is -2.31. The van der Waals surface area contributed by atoms with Crippen LogP contribution in [-0.4, -0.2) is 29.8 Å². The summed E-state index contributed by atoms with van der Waals surface area (Å²) in [6.45, 7) is 1.90. The Labute approximate surface area is 76.8 Å². The van der Waals surface area contributed by atoms with Crippen molar-refractivity contribution in [3.8, 4) is 0 Å². The van der Waals surface area contributed by atoms with Crippen molar-refractivity contribution in [1.82, 2.24) is 4.98 Å². The van der Waals surface area contributed by atoms with E-state index in [1.807, 2.05) is 6.92 Å². The Bertz CT molecular complexity index is 280. The second-order valence-electron chi connectivity index (χ2n) is 2.98. The van der Waals surface area contributed by atoms with Crippen LogP contribution in [0.15, 0.2) is 18.3 Å². The van der Waals surface area contributed by atoms with E-state index < -0.39 is 5.95 Å². The number of anilines is 1. The fourth-order valence-corrected chi connectivity index (χ4v) is 0.989. The van der Waals surface area contributed by atoms with Crippen LogP contribution >= 0.6 is 0 Å². The minimum absolute atomic E-state index is 0.0261. The van der Waals surface area contributed by atoms with Crippen LogP contribution in [-0.2, 0) is 0 Å². The Morgan fingerprint density at radius 3 is 2.92 bits per heavy atom. The first-order valence-corrected chi connectivity index (χ1v) is 4.10. The highest BCUT2D eigenvalue weighted by Gasteiger charge is 2.08. The maximum absolute atomic E-state index is 12.7. The van der Waals surface area contributed by atoms with Crippen molar-refractivity contribution in [3.63, 3.8) is 0 Å².